The first-order chi connectivity index (χ1) is 26.2. The second kappa shape index (κ2) is 33.5. The van der Waals surface area contributed by atoms with E-state index >= 15 is 0 Å². The summed E-state index contributed by atoms with van der Waals surface area (Å²) in [5, 5.41) is 13.0. The van der Waals surface area contributed by atoms with Gasteiger partial charge in [0.1, 0.15) is 0 Å². The van der Waals surface area contributed by atoms with Gasteiger partial charge in [-0.3, -0.25) is 28.2 Å². The van der Waals surface area contributed by atoms with Gasteiger partial charge in [0.25, 0.3) is 0 Å². The van der Waals surface area contributed by atoms with Crippen LogP contribution in [-0.2, 0) is 55.1 Å². The van der Waals surface area contributed by atoms with Gasteiger partial charge >= 0.3 is 0 Å². The standard InChI is InChI=1S/C17H23N3O.C15H20BrN3.C4H9NO2.C3H7I.C3H6I.3CH4.V/c1-12(21)14-4-5-17-15(11-14)16(18-20(17)3)10-13-6-8-19(2)9-7-13;1-18-7-5-11(6-8-18)9-14-13-10-12(16)3-4-15(13)19(2)17-14;1-4(6)5(2)7-3;2*1-2-3-4;;;;/h4-5,11,13H,6-10H2,1-3H3;3-4,10-11H,5-9H2,1-2H3;1-3H3;2-3H2,1H3;3H,2H2,1H3;3*1H4;/q;;;;-1;;;;. The first-order valence-electron chi connectivity index (χ1n) is 19.4. The number of Topliss-reactive ketones (excluding diaryl/α,β-unsaturated/α-hetero) is 1. The number of hydrogen-bond donors (Lipinski definition) is 0. The summed E-state index contributed by atoms with van der Waals surface area (Å²) in [4.78, 5) is 31.1. The predicted molar refractivity (Wildman–Crippen MR) is 270 cm³/mol. The molecule has 14 heteroatoms. The Labute approximate surface area is 406 Å². The van der Waals surface area contributed by atoms with Crippen molar-refractivity contribution in [2.24, 2.45) is 25.9 Å². The number of carbonyl (C=O) groups is 2. The molecule has 2 fully saturated rings. The first kappa shape index (κ1) is 62.2. The van der Waals surface area contributed by atoms with Crippen molar-refractivity contribution in [2.45, 2.75) is 101 Å². The van der Waals surface area contributed by atoms with Crippen LogP contribution in [0.4, 0.5) is 0 Å². The fourth-order valence-electron chi connectivity index (χ4n) is 6.38. The summed E-state index contributed by atoms with van der Waals surface area (Å²) in [6, 6.07) is 12.3. The molecule has 2 saturated heterocycles. The van der Waals surface area contributed by atoms with Crippen LogP contribution in [0, 0.1) is 16.3 Å². The van der Waals surface area contributed by atoms with Crippen molar-refractivity contribution in [3.05, 3.63) is 62.2 Å². The molecule has 2 aliphatic heterocycles. The number of piperidine rings is 2. The number of amides is 1. The van der Waals surface area contributed by atoms with Gasteiger partial charge in [-0.1, -0.05) is 74.6 Å². The van der Waals surface area contributed by atoms with Crippen LogP contribution in [0.15, 0.2) is 40.9 Å². The third-order valence-corrected chi connectivity index (χ3v) is 12.4. The molecule has 10 nitrogen and oxygen atoms in total. The number of benzene rings is 2. The number of ketones is 1. The van der Waals surface area contributed by atoms with Crippen molar-refractivity contribution < 1.29 is 33.0 Å². The first-order valence-corrected chi connectivity index (χ1v) is 23.0. The number of nitrogens with zero attached hydrogens (tertiary/aromatic N) is 7. The summed E-state index contributed by atoms with van der Waals surface area (Å²) in [5.41, 5.74) is 5.52. The number of aromatic nitrogens is 4. The van der Waals surface area contributed by atoms with E-state index in [9.17, 15) is 9.59 Å². The predicted octanol–water partition coefficient (Wildman–Crippen LogP) is 11.6. The van der Waals surface area contributed by atoms with E-state index in [1.165, 1.54) is 99.8 Å². The summed E-state index contributed by atoms with van der Waals surface area (Å²) >= 11 is 8.14. The van der Waals surface area contributed by atoms with E-state index < -0.39 is 0 Å². The number of carbonyl (C=O) groups excluding carboxylic acids is 2. The summed E-state index contributed by atoms with van der Waals surface area (Å²) < 4.78 is 8.46. The maximum absolute atomic E-state index is 11.6. The minimum Gasteiger partial charge on any atom is -0.316 e. The molecule has 0 unspecified atom stereocenters. The van der Waals surface area contributed by atoms with Gasteiger partial charge in [-0.15, -0.1) is 0 Å². The molecule has 4 heterocycles. The minimum absolute atomic E-state index is 0. The monoisotopic (exact) mass is 1150 g/mol. The molecule has 2 aliphatic rings. The Morgan fingerprint density at radius 2 is 1.20 bits per heavy atom. The normalized spacial score (nSPS) is 14.1. The Bertz CT molecular complexity index is 1730. The molecule has 0 spiro atoms. The van der Waals surface area contributed by atoms with Gasteiger partial charge in [0, 0.05) is 67.4 Å². The number of hydrogen-bond acceptors (Lipinski definition) is 7. The van der Waals surface area contributed by atoms with Crippen molar-refractivity contribution >= 4 is 94.6 Å². The van der Waals surface area contributed by atoms with Gasteiger partial charge in [-0.05, 0) is 145 Å². The number of alkyl halides is 1. The average molecular weight is 1150 g/mol. The van der Waals surface area contributed by atoms with Crippen LogP contribution < -0.4 is 0 Å². The number of hydroxylamine groups is 2. The number of likely N-dealkylation sites (tertiary alicyclic amines) is 2. The molecule has 0 saturated carbocycles. The van der Waals surface area contributed by atoms with E-state index in [1.807, 2.05) is 41.7 Å². The maximum atomic E-state index is 11.6. The van der Waals surface area contributed by atoms with Crippen LogP contribution in [0.3, 0.4) is 0 Å². The zero-order chi connectivity index (χ0) is 41.1. The molecule has 4 aromatic rings. The molecule has 0 bridgehead atoms. The van der Waals surface area contributed by atoms with Gasteiger partial charge in [0.2, 0.25) is 5.91 Å². The Morgan fingerprint density at radius 3 is 1.53 bits per heavy atom. The van der Waals surface area contributed by atoms with Crippen molar-refractivity contribution in [1.29, 1.82) is 0 Å². The van der Waals surface area contributed by atoms with Gasteiger partial charge in [-0.25, -0.2) is 5.06 Å². The Kier molecular flexibility index (Phi) is 35.3. The van der Waals surface area contributed by atoms with Crippen molar-refractivity contribution in [3.63, 3.8) is 0 Å². The second-order valence-electron chi connectivity index (χ2n) is 14.4. The van der Waals surface area contributed by atoms with Crippen LogP contribution >= 0.6 is 61.1 Å². The molecule has 1 radical (unpaired) electrons. The summed E-state index contributed by atoms with van der Waals surface area (Å²) in [5.74, 6) is 1.52. The average Bonchev–Trinajstić information content (AvgIpc) is 3.66. The molecule has 0 atom stereocenters. The van der Waals surface area contributed by atoms with E-state index in [0.29, 0.717) is 5.92 Å². The summed E-state index contributed by atoms with van der Waals surface area (Å²) in [6.45, 7) is 12.1. The van der Waals surface area contributed by atoms with E-state index in [-0.39, 0.29) is 52.5 Å². The molecule has 0 aliphatic carbocycles. The molecule has 2 aromatic carbocycles. The van der Waals surface area contributed by atoms with Crippen LogP contribution in [-0.4, -0.2) is 105 Å². The topological polar surface area (TPSA) is 88.7 Å². The Morgan fingerprint density at radius 1 is 0.814 bits per heavy atom. The molecule has 6 rings (SSSR count). The van der Waals surface area contributed by atoms with Crippen LogP contribution in [0.25, 0.3) is 21.8 Å². The van der Waals surface area contributed by atoms with Crippen LogP contribution in [0.5, 0.6) is 0 Å². The molecule has 337 valence electrons. The van der Waals surface area contributed by atoms with E-state index in [2.05, 4.69) is 126 Å². The van der Waals surface area contributed by atoms with Gasteiger partial charge < -0.3 is 32.4 Å². The zero-order valence-corrected chi connectivity index (χ0v) is 42.6. The third kappa shape index (κ3) is 21.7. The number of rotatable bonds is 8. The maximum Gasteiger partial charge on any atom is 0.242 e. The SMILES string of the molecule is C.C.C.CC(=O)c1ccc2c(c1)c(CC1CCN(C)CC1)nn2C.CCCI.CC[CH-]I.CN1CCC(Cc2nn(C)c3ccc(Br)cc23)CC1.CON(C)C(C)=O.[V]. The Balaban J connectivity index is -0.000000759. The van der Waals surface area contributed by atoms with Crippen LogP contribution in [0.2, 0.25) is 0 Å². The minimum atomic E-state index is -0.0949. The molecule has 0 N–H and O–H groups in total. The summed E-state index contributed by atoms with van der Waals surface area (Å²) in [6.07, 6.45) is 9.68. The summed E-state index contributed by atoms with van der Waals surface area (Å²) in [7, 11) is 11.4. The quantitative estimate of drug-likeness (QED) is 0.0571. The fourth-order valence-corrected chi connectivity index (χ4v) is 6.74. The smallest absolute Gasteiger partial charge is 0.242 e. The molecular formula is C45H77BrI2N7O3V-. The third-order valence-electron chi connectivity index (χ3n) is 9.92. The van der Waals surface area contributed by atoms with Gasteiger partial charge in [0.05, 0.1) is 29.5 Å². The van der Waals surface area contributed by atoms with Crippen molar-refractivity contribution in [2.75, 3.05) is 58.9 Å². The molecule has 1 amide bonds. The van der Waals surface area contributed by atoms with Crippen LogP contribution in [0.1, 0.15) is 110 Å². The van der Waals surface area contributed by atoms with E-state index in [0.717, 1.165) is 50.5 Å². The molecule has 59 heavy (non-hydrogen) atoms. The second-order valence-corrected chi connectivity index (χ2v) is 17.3. The van der Waals surface area contributed by atoms with Crippen molar-refractivity contribution in [3.8, 4) is 0 Å². The van der Waals surface area contributed by atoms with Gasteiger partial charge in [-0.2, -0.15) is 16.6 Å². The van der Waals surface area contributed by atoms with Crippen molar-refractivity contribution in [1.82, 2.24) is 34.4 Å². The Hall–Kier alpha value is -1.08. The number of aryl methyl sites for hydroxylation is 2. The molecule has 2 aromatic heterocycles. The number of halogens is 3. The zero-order valence-electron chi connectivity index (χ0n) is 35.3. The fraction of sp³-hybridized carbons (Fsp3) is 0.622. The van der Waals surface area contributed by atoms with Gasteiger partial charge in [0.15, 0.2) is 5.78 Å². The number of fused-ring (bicyclic) bond motifs is 2. The van der Waals surface area contributed by atoms with E-state index in [1.54, 1.807) is 14.0 Å². The molecular weight excluding hydrogens is 1070 g/mol. The largest absolute Gasteiger partial charge is 0.316 e. The van der Waals surface area contributed by atoms with E-state index in [4.69, 9.17) is 10.2 Å².